The molecule has 1 aromatic carbocycles. The van der Waals surface area contributed by atoms with Crippen LogP contribution in [-0.4, -0.2) is 26.5 Å². The van der Waals surface area contributed by atoms with Gasteiger partial charge in [0, 0.05) is 6.04 Å². The molecule has 3 rings (SSSR count). The maximum atomic E-state index is 11.6. The van der Waals surface area contributed by atoms with Gasteiger partial charge in [0.25, 0.3) is 0 Å². The Kier molecular flexibility index (Phi) is 4.65. The molecular weight excluding hydrogens is 282 g/mol. The Labute approximate surface area is 128 Å². The molecule has 1 aliphatic heterocycles. The van der Waals surface area contributed by atoms with E-state index in [2.05, 4.69) is 29.6 Å². The van der Waals surface area contributed by atoms with Gasteiger partial charge in [-0.2, -0.15) is 0 Å². The molecule has 1 N–H and O–H groups in total. The highest BCUT2D eigenvalue weighted by atomic mass is 32.2. The van der Waals surface area contributed by atoms with Crippen LogP contribution in [-0.2, 0) is 9.84 Å². The predicted molar refractivity (Wildman–Crippen MR) is 85.9 cm³/mol. The van der Waals surface area contributed by atoms with Gasteiger partial charge in [0.15, 0.2) is 9.84 Å². The first-order chi connectivity index (χ1) is 10.1. The van der Waals surface area contributed by atoms with Crippen molar-refractivity contribution in [2.45, 2.75) is 38.1 Å². The van der Waals surface area contributed by atoms with Gasteiger partial charge in [-0.15, -0.1) is 0 Å². The molecule has 2 atom stereocenters. The van der Waals surface area contributed by atoms with Gasteiger partial charge in [-0.3, -0.25) is 0 Å². The van der Waals surface area contributed by atoms with E-state index in [1.165, 1.54) is 31.2 Å². The first kappa shape index (κ1) is 15.0. The lowest BCUT2D eigenvalue weighted by Gasteiger charge is -2.31. The van der Waals surface area contributed by atoms with Gasteiger partial charge < -0.3 is 5.32 Å². The van der Waals surface area contributed by atoms with E-state index in [1.807, 2.05) is 6.07 Å². The molecule has 0 radical (unpaired) electrons. The van der Waals surface area contributed by atoms with Crippen molar-refractivity contribution in [1.82, 2.24) is 5.32 Å². The minimum Gasteiger partial charge on any atom is -0.310 e. The fourth-order valence-corrected chi connectivity index (χ4v) is 5.29. The van der Waals surface area contributed by atoms with Crippen molar-refractivity contribution in [3.05, 3.63) is 35.9 Å². The lowest BCUT2D eigenvalue weighted by molar-refractivity contribution is 0.257. The number of hydrogen-bond donors (Lipinski definition) is 1. The van der Waals surface area contributed by atoms with Gasteiger partial charge in [-0.1, -0.05) is 49.6 Å². The van der Waals surface area contributed by atoms with Crippen molar-refractivity contribution in [2.24, 2.45) is 11.8 Å². The molecule has 0 aromatic heterocycles. The topological polar surface area (TPSA) is 46.2 Å². The Balaban J connectivity index is 1.59. The lowest BCUT2D eigenvalue weighted by Crippen LogP contribution is -2.30. The average molecular weight is 307 g/mol. The zero-order valence-corrected chi connectivity index (χ0v) is 13.3. The maximum Gasteiger partial charge on any atom is 0.150 e. The normalized spacial score (nSPS) is 26.4. The van der Waals surface area contributed by atoms with Crippen molar-refractivity contribution in [3.63, 3.8) is 0 Å². The minimum absolute atomic E-state index is 0.294. The van der Waals surface area contributed by atoms with Crippen LogP contribution in [0.5, 0.6) is 0 Å². The highest BCUT2D eigenvalue weighted by Crippen LogP contribution is 2.35. The molecule has 2 fully saturated rings. The summed E-state index contributed by atoms with van der Waals surface area (Å²) in [5.41, 5.74) is 1.34. The molecule has 1 aromatic rings. The van der Waals surface area contributed by atoms with Crippen LogP contribution in [0.15, 0.2) is 30.3 Å². The zero-order valence-electron chi connectivity index (χ0n) is 12.5. The molecule has 0 spiro atoms. The SMILES string of the molecule is O=S1(=O)CC[C@@H](CN[C@@H](CC2CCC2)c2ccccc2)C1. The summed E-state index contributed by atoms with van der Waals surface area (Å²) in [4.78, 5) is 0. The van der Waals surface area contributed by atoms with Crippen LogP contribution in [0, 0.1) is 11.8 Å². The first-order valence-electron chi connectivity index (χ1n) is 8.11. The quantitative estimate of drug-likeness (QED) is 0.879. The standard InChI is InChI=1S/C17H25NO2S/c19-21(20)10-9-15(13-21)12-18-17(11-14-5-4-6-14)16-7-2-1-3-8-16/h1-3,7-8,14-15,17-18H,4-6,9-13H2/t15-,17-/m0/s1. The molecule has 1 aliphatic carbocycles. The molecule has 0 amide bonds. The van der Waals surface area contributed by atoms with E-state index in [1.54, 1.807) is 0 Å². The van der Waals surface area contributed by atoms with Crippen LogP contribution < -0.4 is 5.32 Å². The van der Waals surface area contributed by atoms with Crippen molar-refractivity contribution < 1.29 is 8.42 Å². The summed E-state index contributed by atoms with van der Waals surface area (Å²) in [7, 11) is -2.76. The Bertz CT molecular complexity index is 551. The van der Waals surface area contributed by atoms with E-state index >= 15 is 0 Å². The number of sulfone groups is 1. The fraction of sp³-hybridized carbons (Fsp3) is 0.647. The maximum absolute atomic E-state index is 11.6. The van der Waals surface area contributed by atoms with Gasteiger partial charge in [0.1, 0.15) is 0 Å². The summed E-state index contributed by atoms with van der Waals surface area (Å²) in [5.74, 6) is 1.88. The molecule has 1 heterocycles. The Hall–Kier alpha value is -0.870. The van der Waals surface area contributed by atoms with E-state index in [0.717, 1.165) is 18.9 Å². The smallest absolute Gasteiger partial charge is 0.150 e. The van der Waals surface area contributed by atoms with Crippen LogP contribution in [0.4, 0.5) is 0 Å². The fourth-order valence-electron chi connectivity index (χ4n) is 3.43. The van der Waals surface area contributed by atoms with Crippen molar-refractivity contribution in [2.75, 3.05) is 18.1 Å². The molecule has 2 aliphatic rings. The van der Waals surface area contributed by atoms with Crippen molar-refractivity contribution in [1.29, 1.82) is 0 Å². The van der Waals surface area contributed by atoms with Gasteiger partial charge >= 0.3 is 0 Å². The van der Waals surface area contributed by atoms with Crippen molar-refractivity contribution >= 4 is 9.84 Å². The van der Waals surface area contributed by atoms with Crippen LogP contribution in [0.1, 0.15) is 43.7 Å². The molecule has 1 saturated heterocycles. The number of hydrogen-bond acceptors (Lipinski definition) is 3. The van der Waals surface area contributed by atoms with Crippen LogP contribution in [0.2, 0.25) is 0 Å². The molecule has 116 valence electrons. The Morgan fingerprint density at radius 2 is 1.86 bits per heavy atom. The predicted octanol–water partition coefficient (Wildman–Crippen LogP) is 2.94. The molecule has 0 unspecified atom stereocenters. The summed E-state index contributed by atoms with van der Waals surface area (Å²) in [6.07, 6.45) is 6.07. The van der Waals surface area contributed by atoms with Crippen molar-refractivity contribution in [3.8, 4) is 0 Å². The van der Waals surface area contributed by atoms with E-state index in [4.69, 9.17) is 0 Å². The summed E-state index contributed by atoms with van der Waals surface area (Å²) in [6, 6.07) is 11.0. The van der Waals surface area contributed by atoms with Gasteiger partial charge in [0.05, 0.1) is 11.5 Å². The Morgan fingerprint density at radius 1 is 1.10 bits per heavy atom. The monoisotopic (exact) mass is 307 g/mol. The third kappa shape index (κ3) is 4.07. The number of nitrogens with one attached hydrogen (secondary N) is 1. The number of rotatable bonds is 6. The number of benzene rings is 1. The van der Waals surface area contributed by atoms with Gasteiger partial charge in [-0.25, -0.2) is 8.42 Å². The molecule has 3 nitrogen and oxygen atoms in total. The van der Waals surface area contributed by atoms with Crippen LogP contribution >= 0.6 is 0 Å². The molecule has 0 bridgehead atoms. The highest BCUT2D eigenvalue weighted by molar-refractivity contribution is 7.91. The van der Waals surface area contributed by atoms with Crippen LogP contribution in [0.3, 0.4) is 0 Å². The summed E-state index contributed by atoms with van der Waals surface area (Å²) < 4.78 is 23.1. The lowest BCUT2D eigenvalue weighted by atomic mass is 9.79. The highest BCUT2D eigenvalue weighted by Gasteiger charge is 2.29. The average Bonchev–Trinajstić information content (AvgIpc) is 2.77. The van der Waals surface area contributed by atoms with E-state index in [0.29, 0.717) is 23.5 Å². The second-order valence-corrected chi connectivity index (χ2v) is 8.90. The van der Waals surface area contributed by atoms with E-state index in [-0.39, 0.29) is 0 Å². The second-order valence-electron chi connectivity index (χ2n) is 6.67. The van der Waals surface area contributed by atoms with Gasteiger partial charge in [-0.05, 0) is 36.8 Å². The van der Waals surface area contributed by atoms with E-state index < -0.39 is 9.84 Å². The van der Waals surface area contributed by atoms with Gasteiger partial charge in [0.2, 0.25) is 0 Å². The zero-order chi connectivity index (χ0) is 14.7. The summed E-state index contributed by atoms with van der Waals surface area (Å²) in [6.45, 7) is 0.825. The Morgan fingerprint density at radius 3 is 2.43 bits per heavy atom. The second kappa shape index (κ2) is 6.49. The largest absolute Gasteiger partial charge is 0.310 e. The molecular formula is C17H25NO2S. The third-order valence-corrected chi connectivity index (χ3v) is 6.81. The minimum atomic E-state index is -2.76. The first-order valence-corrected chi connectivity index (χ1v) is 9.93. The van der Waals surface area contributed by atoms with E-state index in [9.17, 15) is 8.42 Å². The molecule has 21 heavy (non-hydrogen) atoms. The summed E-state index contributed by atoms with van der Waals surface area (Å²) in [5, 5.41) is 3.65. The van der Waals surface area contributed by atoms with Crippen LogP contribution in [0.25, 0.3) is 0 Å². The molecule has 1 saturated carbocycles. The molecule has 4 heteroatoms. The summed E-state index contributed by atoms with van der Waals surface area (Å²) >= 11 is 0. The third-order valence-electron chi connectivity index (χ3n) is 4.98.